The maximum absolute atomic E-state index is 13.7. The Bertz CT molecular complexity index is 1120. The minimum absolute atomic E-state index is 0.0403. The number of hydrazone groups is 1. The minimum Gasteiger partial charge on any atom is -0.497 e. The van der Waals surface area contributed by atoms with E-state index in [0.29, 0.717) is 43.2 Å². The van der Waals surface area contributed by atoms with Crippen LogP contribution < -0.4 is 9.47 Å². The molecule has 36 heavy (non-hydrogen) atoms. The first-order valence-corrected chi connectivity index (χ1v) is 12.2. The maximum atomic E-state index is 13.7. The number of likely N-dealkylation sites (tertiary alicyclic amines) is 1. The number of nitrogens with zero attached hydrogens (tertiary/aromatic N) is 3. The normalized spacial score (nSPS) is 20.1. The zero-order valence-corrected chi connectivity index (χ0v) is 20.9. The molecule has 0 bridgehead atoms. The molecule has 4 rings (SSSR count). The Kier molecular flexibility index (Phi) is 8.20. The highest BCUT2D eigenvalue weighted by atomic mass is 19.1. The largest absolute Gasteiger partial charge is 0.497 e. The van der Waals surface area contributed by atoms with E-state index in [2.05, 4.69) is 5.10 Å². The fourth-order valence-corrected chi connectivity index (χ4v) is 4.82. The highest BCUT2D eigenvalue weighted by Crippen LogP contribution is 2.39. The molecule has 2 aliphatic heterocycles. The molecule has 0 N–H and O–H groups in total. The second-order valence-corrected chi connectivity index (χ2v) is 8.85. The van der Waals surface area contributed by atoms with Crippen molar-refractivity contribution in [2.24, 2.45) is 5.10 Å². The maximum Gasteiger partial charge on any atom is 0.323 e. The molecule has 1 saturated heterocycles. The Morgan fingerprint density at radius 3 is 2.56 bits per heavy atom. The Hall–Kier alpha value is -3.46. The number of esters is 1. The molecule has 0 radical (unpaired) electrons. The summed E-state index contributed by atoms with van der Waals surface area (Å²) in [7, 11) is 3.15. The standard InChI is InChI=1S/C27H32FN3O5/c1-4-36-27(33)23-7-5-6-14-30(23)17-26(32)31-24(21-13-12-20(34-2)15-25(21)35-3)16-22(29-31)18-8-10-19(28)11-9-18/h8-13,15,23-24H,4-7,14,16-17H2,1-3H3/t23-,24-/m0/s1. The summed E-state index contributed by atoms with van der Waals surface area (Å²) in [4.78, 5) is 28.1. The van der Waals surface area contributed by atoms with Gasteiger partial charge < -0.3 is 14.2 Å². The van der Waals surface area contributed by atoms with Crippen LogP contribution in [0, 0.1) is 5.82 Å². The first-order chi connectivity index (χ1) is 17.4. The van der Waals surface area contributed by atoms with Crippen molar-refractivity contribution >= 4 is 17.6 Å². The lowest BCUT2D eigenvalue weighted by Gasteiger charge is -2.34. The van der Waals surface area contributed by atoms with Gasteiger partial charge in [0, 0.05) is 18.1 Å². The van der Waals surface area contributed by atoms with Crippen LogP contribution in [-0.2, 0) is 14.3 Å². The molecule has 0 unspecified atom stereocenters. The van der Waals surface area contributed by atoms with Gasteiger partial charge in [0.1, 0.15) is 23.4 Å². The van der Waals surface area contributed by atoms with Crippen molar-refractivity contribution < 1.29 is 28.2 Å². The number of benzene rings is 2. The molecule has 2 heterocycles. The van der Waals surface area contributed by atoms with Gasteiger partial charge in [-0.3, -0.25) is 14.5 Å². The Balaban J connectivity index is 1.64. The molecule has 2 atom stereocenters. The number of rotatable bonds is 8. The van der Waals surface area contributed by atoms with E-state index in [1.54, 1.807) is 39.3 Å². The van der Waals surface area contributed by atoms with E-state index in [1.165, 1.54) is 17.1 Å². The molecular weight excluding hydrogens is 465 g/mol. The molecule has 0 spiro atoms. The number of methoxy groups -OCH3 is 2. The Morgan fingerprint density at radius 2 is 1.86 bits per heavy atom. The van der Waals surface area contributed by atoms with E-state index in [1.807, 2.05) is 17.0 Å². The molecule has 0 aromatic heterocycles. The molecule has 2 aliphatic rings. The topological polar surface area (TPSA) is 80.7 Å². The summed E-state index contributed by atoms with van der Waals surface area (Å²) in [6.07, 6.45) is 2.91. The summed E-state index contributed by atoms with van der Waals surface area (Å²) in [6, 6.07) is 10.7. The van der Waals surface area contributed by atoms with E-state index in [9.17, 15) is 14.0 Å². The lowest BCUT2D eigenvalue weighted by Crippen LogP contribution is -2.49. The third-order valence-electron chi connectivity index (χ3n) is 6.65. The summed E-state index contributed by atoms with van der Waals surface area (Å²) in [5.74, 6) is 0.349. The molecule has 1 fully saturated rings. The first-order valence-electron chi connectivity index (χ1n) is 12.2. The lowest BCUT2D eigenvalue weighted by atomic mass is 9.97. The van der Waals surface area contributed by atoms with Crippen molar-refractivity contribution in [3.05, 3.63) is 59.4 Å². The van der Waals surface area contributed by atoms with Gasteiger partial charge in [0.15, 0.2) is 0 Å². The highest BCUT2D eigenvalue weighted by molar-refractivity contribution is 6.03. The van der Waals surface area contributed by atoms with Crippen molar-refractivity contribution in [3.8, 4) is 11.5 Å². The number of halogens is 1. The van der Waals surface area contributed by atoms with Crippen molar-refractivity contribution in [2.75, 3.05) is 33.9 Å². The SMILES string of the molecule is CCOC(=O)[C@@H]1CCCCN1CC(=O)N1N=C(c2ccc(F)cc2)C[C@H]1c1ccc(OC)cc1OC. The van der Waals surface area contributed by atoms with E-state index in [-0.39, 0.29) is 24.2 Å². The zero-order valence-electron chi connectivity index (χ0n) is 20.9. The van der Waals surface area contributed by atoms with Crippen molar-refractivity contribution in [1.82, 2.24) is 9.91 Å². The number of amides is 1. The fourth-order valence-electron chi connectivity index (χ4n) is 4.82. The van der Waals surface area contributed by atoms with Gasteiger partial charge in [0.05, 0.1) is 39.1 Å². The number of carbonyl (C=O) groups is 2. The number of carbonyl (C=O) groups excluding carboxylic acids is 2. The molecule has 0 aliphatic carbocycles. The molecule has 8 nitrogen and oxygen atoms in total. The van der Waals surface area contributed by atoms with E-state index in [4.69, 9.17) is 14.2 Å². The van der Waals surface area contributed by atoms with Crippen LogP contribution in [0.4, 0.5) is 4.39 Å². The smallest absolute Gasteiger partial charge is 0.323 e. The van der Waals surface area contributed by atoms with Gasteiger partial charge in [-0.1, -0.05) is 18.6 Å². The van der Waals surface area contributed by atoms with Gasteiger partial charge in [0.25, 0.3) is 5.91 Å². The average Bonchev–Trinajstić information content (AvgIpc) is 3.34. The Morgan fingerprint density at radius 1 is 1.08 bits per heavy atom. The third-order valence-corrected chi connectivity index (χ3v) is 6.65. The van der Waals surface area contributed by atoms with Gasteiger partial charge in [-0.2, -0.15) is 5.10 Å². The van der Waals surface area contributed by atoms with Gasteiger partial charge in [0.2, 0.25) is 0 Å². The highest BCUT2D eigenvalue weighted by Gasteiger charge is 2.38. The van der Waals surface area contributed by atoms with Crippen LogP contribution in [0.1, 0.15) is 49.8 Å². The van der Waals surface area contributed by atoms with Gasteiger partial charge in [-0.25, -0.2) is 9.40 Å². The summed E-state index contributed by atoms with van der Waals surface area (Å²) in [6.45, 7) is 2.75. The first kappa shape index (κ1) is 25.6. The van der Waals surface area contributed by atoms with Gasteiger partial charge in [-0.15, -0.1) is 0 Å². The zero-order chi connectivity index (χ0) is 25.7. The molecular formula is C27H32FN3O5. The second-order valence-electron chi connectivity index (χ2n) is 8.85. The molecule has 2 aromatic rings. The molecule has 9 heteroatoms. The van der Waals surface area contributed by atoms with E-state index >= 15 is 0 Å². The predicted molar refractivity (Wildman–Crippen MR) is 133 cm³/mol. The van der Waals surface area contributed by atoms with Crippen molar-refractivity contribution in [1.29, 1.82) is 0 Å². The number of hydrogen-bond acceptors (Lipinski definition) is 7. The molecule has 1 amide bonds. The fraction of sp³-hybridized carbons (Fsp3) is 0.444. The average molecular weight is 498 g/mol. The van der Waals surface area contributed by atoms with Crippen LogP contribution in [0.15, 0.2) is 47.6 Å². The van der Waals surface area contributed by atoms with Crippen LogP contribution in [0.2, 0.25) is 0 Å². The minimum atomic E-state index is -0.445. The van der Waals surface area contributed by atoms with Crippen LogP contribution in [0.3, 0.4) is 0 Å². The summed E-state index contributed by atoms with van der Waals surface area (Å²) in [5.41, 5.74) is 2.20. The van der Waals surface area contributed by atoms with E-state index < -0.39 is 12.1 Å². The molecule has 0 saturated carbocycles. The van der Waals surface area contributed by atoms with Crippen LogP contribution >= 0.6 is 0 Å². The third kappa shape index (κ3) is 5.51. The quantitative estimate of drug-likeness (QED) is 0.514. The monoisotopic (exact) mass is 497 g/mol. The number of piperidine rings is 1. The van der Waals surface area contributed by atoms with Crippen molar-refractivity contribution in [2.45, 2.75) is 44.7 Å². The number of hydrogen-bond donors (Lipinski definition) is 0. The van der Waals surface area contributed by atoms with Gasteiger partial charge in [-0.05, 0) is 56.1 Å². The van der Waals surface area contributed by atoms with Gasteiger partial charge >= 0.3 is 5.97 Å². The summed E-state index contributed by atoms with van der Waals surface area (Å²) < 4.78 is 29.7. The Labute approximate surface area is 210 Å². The van der Waals surface area contributed by atoms with Crippen LogP contribution in [0.5, 0.6) is 11.5 Å². The second kappa shape index (κ2) is 11.5. The lowest BCUT2D eigenvalue weighted by molar-refractivity contribution is -0.152. The van der Waals surface area contributed by atoms with E-state index in [0.717, 1.165) is 24.0 Å². The van der Waals surface area contributed by atoms with Crippen molar-refractivity contribution in [3.63, 3.8) is 0 Å². The molecule has 192 valence electrons. The van der Waals surface area contributed by atoms with Crippen LogP contribution in [0.25, 0.3) is 0 Å². The predicted octanol–water partition coefficient (Wildman–Crippen LogP) is 3.94. The molecule has 2 aromatic carbocycles. The van der Waals surface area contributed by atoms with Crippen LogP contribution in [-0.4, -0.2) is 67.5 Å². The summed E-state index contributed by atoms with van der Waals surface area (Å²) >= 11 is 0. The number of ether oxygens (including phenoxy) is 3. The summed E-state index contributed by atoms with van der Waals surface area (Å²) in [5, 5.41) is 6.16.